The molecule has 1 fully saturated rings. The third-order valence-corrected chi connectivity index (χ3v) is 6.29. The highest BCUT2D eigenvalue weighted by atomic mass is 32.2. The highest BCUT2D eigenvalue weighted by molar-refractivity contribution is 7.99. The number of aromatic amines is 1. The van der Waals surface area contributed by atoms with E-state index < -0.39 is 0 Å². The molecule has 0 spiro atoms. The number of hydrogen-bond donors (Lipinski definition) is 2. The molecule has 0 saturated heterocycles. The van der Waals surface area contributed by atoms with Gasteiger partial charge in [0.15, 0.2) is 5.16 Å². The van der Waals surface area contributed by atoms with Crippen LogP contribution in [-0.2, 0) is 4.79 Å². The zero-order chi connectivity index (χ0) is 20.4. The van der Waals surface area contributed by atoms with Gasteiger partial charge in [0.2, 0.25) is 5.91 Å². The molecule has 4 rings (SSSR count). The molecule has 2 heterocycles. The summed E-state index contributed by atoms with van der Waals surface area (Å²) in [4.78, 5) is 33.5. The number of thioether (sulfide) groups is 1. The van der Waals surface area contributed by atoms with Crippen LogP contribution < -0.4 is 10.9 Å². The fourth-order valence-corrected chi connectivity index (χ4v) is 4.67. The molecule has 7 heteroatoms. The first-order valence-corrected chi connectivity index (χ1v) is 11.1. The zero-order valence-electron chi connectivity index (χ0n) is 16.8. The Hall–Kier alpha value is -2.54. The maximum atomic E-state index is 13.2. The molecule has 1 aliphatic rings. The first-order valence-electron chi connectivity index (χ1n) is 10.1. The average Bonchev–Trinajstić information content (AvgIpc) is 3.09. The molecule has 6 nitrogen and oxygen atoms in total. The number of carbonyl (C=O) groups excluding carboxylic acids is 1. The third-order valence-electron chi connectivity index (χ3n) is 5.35. The summed E-state index contributed by atoms with van der Waals surface area (Å²) in [6.45, 7) is 3.91. The largest absolute Gasteiger partial charge is 0.353 e. The van der Waals surface area contributed by atoms with Gasteiger partial charge in [-0.1, -0.05) is 48.7 Å². The molecule has 152 valence electrons. The Morgan fingerprint density at radius 2 is 1.93 bits per heavy atom. The van der Waals surface area contributed by atoms with Crippen LogP contribution in [-0.4, -0.2) is 32.2 Å². The molecule has 29 heavy (non-hydrogen) atoms. The summed E-state index contributed by atoms with van der Waals surface area (Å²) in [5.74, 6) is 0.237. The second kappa shape index (κ2) is 8.45. The Labute approximate surface area is 174 Å². The van der Waals surface area contributed by atoms with Gasteiger partial charge in [0.05, 0.1) is 17.0 Å². The van der Waals surface area contributed by atoms with Crippen molar-refractivity contribution in [3.8, 4) is 5.69 Å². The predicted octanol–water partition coefficient (Wildman–Crippen LogP) is 3.87. The van der Waals surface area contributed by atoms with Gasteiger partial charge >= 0.3 is 0 Å². The standard InChI is InChI=1S/C22H26N4O2S/c1-14-8-10-17(11-9-14)26-21(28)20-18(12-15(2)23-20)25-22(26)29-13-19(27)24-16-6-4-3-5-7-16/h8-12,16,23H,3-7,13H2,1-2H3,(H,24,27). The van der Waals surface area contributed by atoms with Crippen molar-refractivity contribution >= 4 is 28.7 Å². The Balaban J connectivity index is 1.63. The van der Waals surface area contributed by atoms with Crippen LogP contribution in [0.1, 0.15) is 43.4 Å². The fraction of sp³-hybridized carbons (Fsp3) is 0.409. The summed E-state index contributed by atoms with van der Waals surface area (Å²) in [5, 5.41) is 3.66. The van der Waals surface area contributed by atoms with E-state index in [4.69, 9.17) is 0 Å². The van der Waals surface area contributed by atoms with E-state index in [0.717, 1.165) is 29.8 Å². The normalized spacial score (nSPS) is 15.0. The summed E-state index contributed by atoms with van der Waals surface area (Å²) in [6.07, 6.45) is 5.71. The lowest BCUT2D eigenvalue weighted by Gasteiger charge is -2.22. The maximum absolute atomic E-state index is 13.2. The average molecular weight is 411 g/mol. The first-order chi connectivity index (χ1) is 14.0. The van der Waals surface area contributed by atoms with Crippen LogP contribution in [0.3, 0.4) is 0 Å². The minimum absolute atomic E-state index is 0.00282. The zero-order valence-corrected chi connectivity index (χ0v) is 17.6. The van der Waals surface area contributed by atoms with Gasteiger partial charge in [0.25, 0.3) is 5.56 Å². The van der Waals surface area contributed by atoms with E-state index >= 15 is 0 Å². The topological polar surface area (TPSA) is 79.8 Å². The smallest absolute Gasteiger partial charge is 0.283 e. The quantitative estimate of drug-likeness (QED) is 0.494. The maximum Gasteiger partial charge on any atom is 0.283 e. The van der Waals surface area contributed by atoms with Gasteiger partial charge in [-0.25, -0.2) is 4.98 Å². The van der Waals surface area contributed by atoms with Gasteiger partial charge < -0.3 is 10.3 Å². The van der Waals surface area contributed by atoms with Gasteiger partial charge in [0, 0.05) is 11.7 Å². The van der Waals surface area contributed by atoms with E-state index in [0.29, 0.717) is 16.2 Å². The number of carbonyl (C=O) groups is 1. The van der Waals surface area contributed by atoms with E-state index in [2.05, 4.69) is 15.3 Å². The summed E-state index contributed by atoms with van der Waals surface area (Å²) < 4.78 is 1.59. The van der Waals surface area contributed by atoms with E-state index in [1.807, 2.05) is 44.2 Å². The second-order valence-electron chi connectivity index (χ2n) is 7.77. The molecule has 2 aromatic heterocycles. The molecule has 0 radical (unpaired) electrons. The SMILES string of the molecule is Cc1ccc(-n2c(SCC(=O)NC3CCCCC3)nc3cc(C)[nH]c3c2=O)cc1. The van der Waals surface area contributed by atoms with Crippen molar-refractivity contribution in [1.29, 1.82) is 0 Å². The Bertz CT molecular complexity index is 1080. The number of benzene rings is 1. The van der Waals surface area contributed by atoms with Crippen molar-refractivity contribution in [1.82, 2.24) is 19.9 Å². The van der Waals surface area contributed by atoms with Crippen molar-refractivity contribution in [3.63, 3.8) is 0 Å². The van der Waals surface area contributed by atoms with Crippen LogP contribution in [0, 0.1) is 13.8 Å². The molecule has 3 aromatic rings. The van der Waals surface area contributed by atoms with E-state index in [-0.39, 0.29) is 23.3 Å². The number of nitrogens with zero attached hydrogens (tertiary/aromatic N) is 2. The van der Waals surface area contributed by atoms with Gasteiger partial charge in [-0.15, -0.1) is 0 Å². The van der Waals surface area contributed by atoms with Gasteiger partial charge in [-0.05, 0) is 44.9 Å². The van der Waals surface area contributed by atoms with Crippen molar-refractivity contribution in [2.75, 3.05) is 5.75 Å². The van der Waals surface area contributed by atoms with Crippen LogP contribution in [0.5, 0.6) is 0 Å². The monoisotopic (exact) mass is 410 g/mol. The highest BCUT2D eigenvalue weighted by Gasteiger charge is 2.19. The summed E-state index contributed by atoms with van der Waals surface area (Å²) >= 11 is 1.31. The number of aryl methyl sites for hydroxylation is 2. The molecule has 2 N–H and O–H groups in total. The van der Waals surface area contributed by atoms with Gasteiger partial charge in [-0.3, -0.25) is 14.2 Å². The lowest BCUT2D eigenvalue weighted by Crippen LogP contribution is -2.37. The summed E-state index contributed by atoms with van der Waals surface area (Å²) in [5.41, 5.74) is 3.72. The van der Waals surface area contributed by atoms with Crippen LogP contribution >= 0.6 is 11.8 Å². The minimum Gasteiger partial charge on any atom is -0.353 e. The number of amides is 1. The number of aromatic nitrogens is 3. The molecule has 0 aliphatic heterocycles. The molecule has 0 unspecified atom stereocenters. The van der Waals surface area contributed by atoms with Crippen LogP contribution in [0.2, 0.25) is 0 Å². The molecule has 0 bridgehead atoms. The van der Waals surface area contributed by atoms with Crippen molar-refractivity contribution in [2.45, 2.75) is 57.1 Å². The molecular weight excluding hydrogens is 384 g/mol. The minimum atomic E-state index is -0.151. The van der Waals surface area contributed by atoms with E-state index in [9.17, 15) is 9.59 Å². The van der Waals surface area contributed by atoms with Crippen molar-refractivity contribution in [2.24, 2.45) is 0 Å². The number of H-pyrrole nitrogens is 1. The Morgan fingerprint density at radius 3 is 2.66 bits per heavy atom. The molecule has 0 atom stereocenters. The van der Waals surface area contributed by atoms with Crippen molar-refractivity contribution < 1.29 is 4.79 Å². The third kappa shape index (κ3) is 4.40. The molecule has 1 aromatic carbocycles. The number of fused-ring (bicyclic) bond motifs is 1. The molecule has 1 saturated carbocycles. The van der Waals surface area contributed by atoms with Crippen LogP contribution in [0.25, 0.3) is 16.7 Å². The van der Waals surface area contributed by atoms with E-state index in [1.54, 1.807) is 4.57 Å². The fourth-order valence-electron chi connectivity index (χ4n) is 3.84. The van der Waals surface area contributed by atoms with Gasteiger partial charge in [-0.2, -0.15) is 0 Å². The van der Waals surface area contributed by atoms with Crippen LogP contribution in [0.15, 0.2) is 40.3 Å². The predicted molar refractivity (Wildman–Crippen MR) is 117 cm³/mol. The van der Waals surface area contributed by atoms with Crippen molar-refractivity contribution in [3.05, 3.63) is 51.9 Å². The summed E-state index contributed by atoms with van der Waals surface area (Å²) in [6, 6.07) is 9.89. The lowest BCUT2D eigenvalue weighted by molar-refractivity contribution is -0.119. The Morgan fingerprint density at radius 1 is 1.21 bits per heavy atom. The van der Waals surface area contributed by atoms with Crippen LogP contribution in [0.4, 0.5) is 0 Å². The highest BCUT2D eigenvalue weighted by Crippen LogP contribution is 2.23. The van der Waals surface area contributed by atoms with E-state index in [1.165, 1.54) is 31.0 Å². The summed E-state index contributed by atoms with van der Waals surface area (Å²) in [7, 11) is 0. The lowest BCUT2D eigenvalue weighted by atomic mass is 9.95. The number of hydrogen-bond acceptors (Lipinski definition) is 4. The molecule has 1 amide bonds. The molecule has 1 aliphatic carbocycles. The Kier molecular flexibility index (Phi) is 5.76. The first kappa shape index (κ1) is 19.8. The van der Waals surface area contributed by atoms with Gasteiger partial charge in [0.1, 0.15) is 5.52 Å². The number of rotatable bonds is 5. The number of nitrogens with one attached hydrogen (secondary N) is 2. The molecular formula is C22H26N4O2S. The second-order valence-corrected chi connectivity index (χ2v) is 8.72.